The highest BCUT2D eigenvalue weighted by Crippen LogP contribution is 2.16. The Bertz CT molecular complexity index is 608. The van der Waals surface area contributed by atoms with Crippen molar-refractivity contribution in [3.05, 3.63) is 65.2 Å². The van der Waals surface area contributed by atoms with Gasteiger partial charge in [-0.3, -0.25) is 4.79 Å². The zero-order valence-electron chi connectivity index (χ0n) is 12.6. The normalized spacial score (nSPS) is 10.4. The third-order valence-electron chi connectivity index (χ3n) is 3.54. The van der Waals surface area contributed by atoms with E-state index in [4.69, 9.17) is 0 Å². The van der Waals surface area contributed by atoms with Crippen molar-refractivity contribution in [1.29, 1.82) is 0 Å². The van der Waals surface area contributed by atoms with Crippen molar-refractivity contribution in [3.8, 4) is 0 Å². The molecule has 3 nitrogen and oxygen atoms in total. The molecule has 0 bridgehead atoms. The van der Waals surface area contributed by atoms with Gasteiger partial charge in [0, 0.05) is 18.7 Å². The average Bonchev–Trinajstić information content (AvgIpc) is 2.49. The highest BCUT2D eigenvalue weighted by molar-refractivity contribution is 5.91. The second-order valence-corrected chi connectivity index (χ2v) is 5.16. The second-order valence-electron chi connectivity index (χ2n) is 5.16. The molecule has 0 atom stereocenters. The van der Waals surface area contributed by atoms with Gasteiger partial charge < -0.3 is 10.6 Å². The fraction of sp³-hybridized carbons (Fsp3) is 0.278. The number of amides is 1. The van der Waals surface area contributed by atoms with Crippen LogP contribution in [0.1, 0.15) is 23.1 Å². The van der Waals surface area contributed by atoms with E-state index in [1.807, 2.05) is 43.4 Å². The van der Waals surface area contributed by atoms with Crippen molar-refractivity contribution in [2.24, 2.45) is 0 Å². The third-order valence-corrected chi connectivity index (χ3v) is 3.54. The number of aryl methyl sites for hydroxylation is 2. The molecule has 0 aliphatic rings. The fourth-order valence-electron chi connectivity index (χ4n) is 2.34. The molecular formula is C18H22N2O. The van der Waals surface area contributed by atoms with Gasteiger partial charge >= 0.3 is 0 Å². The van der Waals surface area contributed by atoms with Gasteiger partial charge in [-0.15, -0.1) is 0 Å². The molecular weight excluding hydrogens is 260 g/mol. The first-order valence-corrected chi connectivity index (χ1v) is 7.27. The van der Waals surface area contributed by atoms with Crippen LogP contribution in [-0.2, 0) is 17.8 Å². The van der Waals surface area contributed by atoms with Gasteiger partial charge in [-0.25, -0.2) is 0 Å². The molecule has 0 saturated heterocycles. The lowest BCUT2D eigenvalue weighted by molar-refractivity contribution is -0.116. The zero-order valence-corrected chi connectivity index (χ0v) is 12.6. The summed E-state index contributed by atoms with van der Waals surface area (Å²) in [6, 6.07) is 16.1. The lowest BCUT2D eigenvalue weighted by atomic mass is 10.0. The molecule has 0 fully saturated rings. The predicted octanol–water partition coefficient (Wildman–Crippen LogP) is 3.29. The molecule has 21 heavy (non-hydrogen) atoms. The molecule has 2 aromatic rings. The second kappa shape index (κ2) is 7.60. The lowest BCUT2D eigenvalue weighted by Crippen LogP contribution is -2.15. The summed E-state index contributed by atoms with van der Waals surface area (Å²) in [5, 5.41) is 6.12. The highest BCUT2D eigenvalue weighted by atomic mass is 16.1. The molecule has 0 radical (unpaired) electrons. The SMILES string of the molecule is CNCc1ccccc1NC(=O)CCc1ccccc1C. The summed E-state index contributed by atoms with van der Waals surface area (Å²) in [5.74, 6) is 0.0572. The zero-order chi connectivity index (χ0) is 15.1. The molecule has 110 valence electrons. The van der Waals surface area contributed by atoms with Gasteiger partial charge in [-0.1, -0.05) is 42.5 Å². The van der Waals surface area contributed by atoms with Crippen LogP contribution < -0.4 is 10.6 Å². The van der Waals surface area contributed by atoms with E-state index >= 15 is 0 Å². The van der Waals surface area contributed by atoms with Crippen molar-refractivity contribution in [1.82, 2.24) is 5.32 Å². The number of rotatable bonds is 6. The molecule has 2 rings (SSSR count). The van der Waals surface area contributed by atoms with Crippen molar-refractivity contribution in [2.75, 3.05) is 12.4 Å². The van der Waals surface area contributed by atoms with Crippen LogP contribution in [0.4, 0.5) is 5.69 Å². The average molecular weight is 282 g/mol. The molecule has 3 heteroatoms. The van der Waals surface area contributed by atoms with Crippen LogP contribution in [0.15, 0.2) is 48.5 Å². The van der Waals surface area contributed by atoms with Crippen LogP contribution in [0.2, 0.25) is 0 Å². The number of hydrogen-bond acceptors (Lipinski definition) is 2. The Kier molecular flexibility index (Phi) is 5.52. The Labute approximate surface area is 126 Å². The van der Waals surface area contributed by atoms with Crippen LogP contribution in [0.3, 0.4) is 0 Å². The van der Waals surface area contributed by atoms with E-state index in [2.05, 4.69) is 29.7 Å². The van der Waals surface area contributed by atoms with Crippen molar-refractivity contribution in [3.63, 3.8) is 0 Å². The monoisotopic (exact) mass is 282 g/mol. The number of para-hydroxylation sites is 1. The van der Waals surface area contributed by atoms with Crippen molar-refractivity contribution in [2.45, 2.75) is 26.3 Å². The van der Waals surface area contributed by atoms with E-state index < -0.39 is 0 Å². The van der Waals surface area contributed by atoms with Crippen LogP contribution in [0.25, 0.3) is 0 Å². The van der Waals surface area contributed by atoms with Crippen LogP contribution in [-0.4, -0.2) is 13.0 Å². The standard InChI is InChI=1S/C18H22N2O/c1-14-7-3-4-8-15(14)11-12-18(21)20-17-10-6-5-9-16(17)13-19-2/h3-10,19H,11-13H2,1-2H3,(H,20,21). The van der Waals surface area contributed by atoms with E-state index in [-0.39, 0.29) is 5.91 Å². The first kappa shape index (κ1) is 15.3. The van der Waals surface area contributed by atoms with Gasteiger partial charge in [0.25, 0.3) is 0 Å². The Morgan fingerprint density at radius 2 is 1.67 bits per heavy atom. The maximum Gasteiger partial charge on any atom is 0.224 e. The predicted molar refractivity (Wildman–Crippen MR) is 87.3 cm³/mol. The van der Waals surface area contributed by atoms with E-state index in [9.17, 15) is 4.79 Å². The first-order valence-electron chi connectivity index (χ1n) is 7.27. The van der Waals surface area contributed by atoms with E-state index in [1.54, 1.807) is 0 Å². The number of benzene rings is 2. The Morgan fingerprint density at radius 1 is 1.00 bits per heavy atom. The van der Waals surface area contributed by atoms with Gasteiger partial charge in [-0.05, 0) is 43.1 Å². The Balaban J connectivity index is 1.95. The number of nitrogens with one attached hydrogen (secondary N) is 2. The number of carbonyl (C=O) groups excluding carboxylic acids is 1. The van der Waals surface area contributed by atoms with Crippen LogP contribution in [0, 0.1) is 6.92 Å². The molecule has 0 heterocycles. The number of hydrogen-bond donors (Lipinski definition) is 2. The molecule has 0 saturated carbocycles. The van der Waals surface area contributed by atoms with Gasteiger partial charge in [0.2, 0.25) is 5.91 Å². The fourth-order valence-corrected chi connectivity index (χ4v) is 2.34. The minimum absolute atomic E-state index is 0.0572. The minimum atomic E-state index is 0.0572. The van der Waals surface area contributed by atoms with E-state index in [0.717, 1.165) is 24.2 Å². The topological polar surface area (TPSA) is 41.1 Å². The minimum Gasteiger partial charge on any atom is -0.326 e. The molecule has 0 aliphatic carbocycles. The Morgan fingerprint density at radius 3 is 2.38 bits per heavy atom. The lowest BCUT2D eigenvalue weighted by Gasteiger charge is -2.11. The van der Waals surface area contributed by atoms with Gasteiger partial charge in [0.15, 0.2) is 0 Å². The highest BCUT2D eigenvalue weighted by Gasteiger charge is 2.07. The summed E-state index contributed by atoms with van der Waals surface area (Å²) >= 11 is 0. The van der Waals surface area contributed by atoms with Gasteiger partial charge in [0.1, 0.15) is 0 Å². The largest absolute Gasteiger partial charge is 0.326 e. The van der Waals surface area contributed by atoms with Gasteiger partial charge in [-0.2, -0.15) is 0 Å². The van der Waals surface area contributed by atoms with Crippen molar-refractivity contribution >= 4 is 11.6 Å². The number of anilines is 1. The maximum atomic E-state index is 12.1. The molecule has 0 spiro atoms. The summed E-state index contributed by atoms with van der Waals surface area (Å²) in [5.41, 5.74) is 4.46. The van der Waals surface area contributed by atoms with Crippen LogP contribution >= 0.6 is 0 Å². The molecule has 0 unspecified atom stereocenters. The summed E-state index contributed by atoms with van der Waals surface area (Å²) in [6.07, 6.45) is 1.27. The first-order chi connectivity index (χ1) is 10.2. The summed E-state index contributed by atoms with van der Waals surface area (Å²) in [6.45, 7) is 2.82. The van der Waals surface area contributed by atoms with Crippen molar-refractivity contribution < 1.29 is 4.79 Å². The molecule has 2 N–H and O–H groups in total. The summed E-state index contributed by atoms with van der Waals surface area (Å²) in [4.78, 5) is 12.1. The van der Waals surface area contributed by atoms with Gasteiger partial charge in [0.05, 0.1) is 0 Å². The third kappa shape index (κ3) is 4.43. The molecule has 1 amide bonds. The van der Waals surface area contributed by atoms with E-state index in [0.29, 0.717) is 6.42 Å². The molecule has 2 aromatic carbocycles. The summed E-state index contributed by atoms with van der Waals surface area (Å²) < 4.78 is 0. The Hall–Kier alpha value is -2.13. The maximum absolute atomic E-state index is 12.1. The quantitative estimate of drug-likeness (QED) is 0.853. The van der Waals surface area contributed by atoms with E-state index in [1.165, 1.54) is 11.1 Å². The smallest absolute Gasteiger partial charge is 0.224 e. The van der Waals surface area contributed by atoms with Crippen LogP contribution in [0.5, 0.6) is 0 Å². The number of carbonyl (C=O) groups is 1. The summed E-state index contributed by atoms with van der Waals surface area (Å²) in [7, 11) is 1.90. The molecule has 0 aromatic heterocycles. The molecule has 0 aliphatic heterocycles.